The van der Waals surface area contributed by atoms with E-state index in [9.17, 15) is 43.2 Å². The van der Waals surface area contributed by atoms with Gasteiger partial charge in [0.15, 0.2) is 12.2 Å². The van der Waals surface area contributed by atoms with Crippen molar-refractivity contribution in [2.24, 2.45) is 5.92 Å². The van der Waals surface area contributed by atoms with Crippen LogP contribution in [0.3, 0.4) is 0 Å². The number of aliphatic hydroxyl groups excluding tert-OH is 1. The SMILES string of the molecule is CCCCCCCCCCCCCCCCCCCCCC(=O)O[C@H](COC(=O)CCCCCCCCCCCCCCCCC(C)C)COP(=O)(O)OC[C@@H](O)COP(=O)(O)OC[C@@H](COC(=O)CCCCCCCCCCCC)OC(=O)CCCCCCCCCCCCCCC. The number of phosphoric acid groups is 2. The molecule has 0 heterocycles. The van der Waals surface area contributed by atoms with Gasteiger partial charge in [0.2, 0.25) is 0 Å². The number of phosphoric ester groups is 2. The quantitative estimate of drug-likeness (QED) is 0.0222. The monoisotopic (exact) mass is 1450 g/mol. The molecule has 0 spiro atoms. The van der Waals surface area contributed by atoms with Crippen LogP contribution in [0.4, 0.5) is 0 Å². The van der Waals surface area contributed by atoms with Crippen molar-refractivity contribution in [3.8, 4) is 0 Å². The largest absolute Gasteiger partial charge is 0.472 e. The standard InChI is InChI=1S/C80H156O17P2/c1-6-9-12-15-18-21-24-26-27-28-29-30-31-37-41-46-51-56-61-66-80(85)97-76(70-91-78(83)64-59-54-49-44-39-36-33-32-35-38-42-47-52-57-62-73(4)5)72-95-99(88,89)93-68-74(81)67-92-98(86,87)94-71-75(69-90-77(82)63-58-53-48-43-23-20-17-14-11-8-3)96-79(84)65-60-55-50-45-40-34-25-22-19-16-13-10-7-2/h73-76,81H,6-72H2,1-5H3,(H,86,87)(H,88,89)/t74-,75+,76+/m0/s1. The summed E-state index contributed by atoms with van der Waals surface area (Å²) in [5.41, 5.74) is 0. The van der Waals surface area contributed by atoms with E-state index in [2.05, 4.69) is 34.6 Å². The maximum atomic E-state index is 13.1. The number of carbonyl (C=O) groups is 4. The Hall–Kier alpha value is -1.94. The number of unbranched alkanes of at least 4 members (excludes halogenated alkanes) is 52. The van der Waals surface area contributed by atoms with Crippen molar-refractivity contribution in [1.29, 1.82) is 0 Å². The first kappa shape index (κ1) is 97.1. The van der Waals surface area contributed by atoms with Gasteiger partial charge in [-0.25, -0.2) is 9.13 Å². The van der Waals surface area contributed by atoms with Gasteiger partial charge >= 0.3 is 39.5 Å². The van der Waals surface area contributed by atoms with Gasteiger partial charge in [-0.15, -0.1) is 0 Å². The lowest BCUT2D eigenvalue weighted by molar-refractivity contribution is -0.161. The second-order valence-corrected chi connectivity index (χ2v) is 32.2. The van der Waals surface area contributed by atoms with Crippen LogP contribution in [0.5, 0.6) is 0 Å². The van der Waals surface area contributed by atoms with Crippen molar-refractivity contribution < 1.29 is 80.2 Å². The molecule has 0 aromatic carbocycles. The molecule has 17 nitrogen and oxygen atoms in total. The predicted molar refractivity (Wildman–Crippen MR) is 405 cm³/mol. The summed E-state index contributed by atoms with van der Waals surface area (Å²) in [6.07, 6.45) is 63.7. The molecular formula is C80H156O17P2. The number of carbonyl (C=O) groups excluding carboxylic acids is 4. The van der Waals surface area contributed by atoms with Gasteiger partial charge in [0.25, 0.3) is 0 Å². The molecule has 19 heteroatoms. The summed E-state index contributed by atoms with van der Waals surface area (Å²) in [6, 6.07) is 0. The zero-order chi connectivity index (χ0) is 72.7. The van der Waals surface area contributed by atoms with Gasteiger partial charge < -0.3 is 33.8 Å². The van der Waals surface area contributed by atoms with E-state index in [4.69, 9.17) is 37.0 Å². The number of hydrogen-bond acceptors (Lipinski definition) is 15. The minimum atomic E-state index is -4.96. The lowest BCUT2D eigenvalue weighted by Crippen LogP contribution is -2.30. The summed E-state index contributed by atoms with van der Waals surface area (Å²) in [7, 11) is -9.91. The number of rotatable bonds is 80. The topological polar surface area (TPSA) is 237 Å². The Kier molecular flexibility index (Phi) is 71.6. The van der Waals surface area contributed by atoms with Gasteiger partial charge in [0, 0.05) is 25.7 Å². The maximum absolute atomic E-state index is 13.1. The first-order chi connectivity index (χ1) is 48.0. The van der Waals surface area contributed by atoms with E-state index in [1.807, 2.05) is 0 Å². The number of ether oxygens (including phenoxy) is 4. The minimum absolute atomic E-state index is 0.108. The Morgan fingerprint density at radius 2 is 0.465 bits per heavy atom. The highest BCUT2D eigenvalue weighted by Crippen LogP contribution is 2.45. The second-order valence-electron chi connectivity index (χ2n) is 29.3. The van der Waals surface area contributed by atoms with Crippen LogP contribution < -0.4 is 0 Å². The van der Waals surface area contributed by atoms with Crippen LogP contribution in [0, 0.1) is 5.92 Å². The zero-order valence-corrected chi connectivity index (χ0v) is 66.4. The molecule has 0 rings (SSSR count). The van der Waals surface area contributed by atoms with Crippen molar-refractivity contribution in [3.63, 3.8) is 0 Å². The summed E-state index contributed by atoms with van der Waals surface area (Å²) < 4.78 is 68.7. The molecule has 0 saturated carbocycles. The Bertz CT molecular complexity index is 1890. The summed E-state index contributed by atoms with van der Waals surface area (Å²) >= 11 is 0. The highest BCUT2D eigenvalue weighted by molar-refractivity contribution is 7.47. The van der Waals surface area contributed by atoms with Crippen molar-refractivity contribution >= 4 is 39.5 Å². The summed E-state index contributed by atoms with van der Waals surface area (Å²) in [6.45, 7) is 7.34. The summed E-state index contributed by atoms with van der Waals surface area (Å²) in [5.74, 6) is -1.31. The maximum Gasteiger partial charge on any atom is 0.472 e. The molecule has 0 aliphatic carbocycles. The second kappa shape index (κ2) is 73.0. The van der Waals surface area contributed by atoms with Crippen LogP contribution >= 0.6 is 15.6 Å². The number of aliphatic hydroxyl groups is 1. The third-order valence-electron chi connectivity index (χ3n) is 18.8. The molecule has 0 aliphatic heterocycles. The zero-order valence-electron chi connectivity index (χ0n) is 64.6. The lowest BCUT2D eigenvalue weighted by Gasteiger charge is -2.21. The number of esters is 4. The molecule has 0 amide bonds. The molecule has 2 unspecified atom stereocenters. The van der Waals surface area contributed by atoms with Crippen LogP contribution in [-0.2, 0) is 65.4 Å². The molecule has 0 radical (unpaired) electrons. The molecule has 99 heavy (non-hydrogen) atoms. The highest BCUT2D eigenvalue weighted by atomic mass is 31.2. The summed E-state index contributed by atoms with van der Waals surface area (Å²) in [5, 5.41) is 10.6. The molecule has 588 valence electrons. The molecule has 0 aromatic heterocycles. The third-order valence-corrected chi connectivity index (χ3v) is 20.7. The molecule has 0 fully saturated rings. The van der Waals surface area contributed by atoms with Crippen LogP contribution in [0.25, 0.3) is 0 Å². The van der Waals surface area contributed by atoms with E-state index < -0.39 is 97.5 Å². The normalized spacial score (nSPS) is 13.9. The van der Waals surface area contributed by atoms with Gasteiger partial charge in [-0.3, -0.25) is 37.3 Å². The third kappa shape index (κ3) is 74.1. The molecule has 0 aliphatic rings. The van der Waals surface area contributed by atoms with E-state index in [0.717, 1.165) is 95.8 Å². The van der Waals surface area contributed by atoms with Crippen molar-refractivity contribution in [3.05, 3.63) is 0 Å². The Morgan fingerprint density at radius 3 is 0.687 bits per heavy atom. The van der Waals surface area contributed by atoms with Crippen LogP contribution in [0.1, 0.15) is 426 Å². The molecule has 0 bridgehead atoms. The van der Waals surface area contributed by atoms with Gasteiger partial charge in [-0.05, 0) is 31.6 Å². The van der Waals surface area contributed by atoms with Gasteiger partial charge in [0.1, 0.15) is 19.3 Å². The van der Waals surface area contributed by atoms with Crippen LogP contribution in [-0.4, -0.2) is 96.7 Å². The first-order valence-corrected chi connectivity index (χ1v) is 44.6. The molecule has 0 saturated heterocycles. The lowest BCUT2D eigenvalue weighted by atomic mass is 10.0. The fourth-order valence-corrected chi connectivity index (χ4v) is 14.0. The van der Waals surface area contributed by atoms with Gasteiger partial charge in [0.05, 0.1) is 26.4 Å². The fraction of sp³-hybridized carbons (Fsp3) is 0.950. The van der Waals surface area contributed by atoms with Crippen LogP contribution in [0.15, 0.2) is 0 Å². The molecule has 3 N–H and O–H groups in total. The van der Waals surface area contributed by atoms with Crippen molar-refractivity contribution in [2.45, 2.75) is 445 Å². The van der Waals surface area contributed by atoms with E-state index in [-0.39, 0.29) is 25.7 Å². The average molecular weight is 1450 g/mol. The van der Waals surface area contributed by atoms with E-state index in [1.54, 1.807) is 0 Å². The Balaban J connectivity index is 5.23. The fourth-order valence-electron chi connectivity index (χ4n) is 12.4. The Labute approximate surface area is 607 Å². The highest BCUT2D eigenvalue weighted by Gasteiger charge is 2.30. The number of hydrogen-bond donors (Lipinski definition) is 3. The Morgan fingerprint density at radius 1 is 0.273 bits per heavy atom. The van der Waals surface area contributed by atoms with Gasteiger partial charge in [-0.2, -0.15) is 0 Å². The van der Waals surface area contributed by atoms with Gasteiger partial charge in [-0.1, -0.05) is 375 Å². The minimum Gasteiger partial charge on any atom is -0.462 e. The molecular weight excluding hydrogens is 1290 g/mol. The van der Waals surface area contributed by atoms with Crippen molar-refractivity contribution in [2.75, 3.05) is 39.6 Å². The van der Waals surface area contributed by atoms with Crippen LogP contribution in [0.2, 0.25) is 0 Å². The first-order valence-electron chi connectivity index (χ1n) is 41.6. The molecule has 0 aromatic rings. The average Bonchev–Trinajstić information content (AvgIpc) is 1.14. The molecule has 5 atom stereocenters. The van der Waals surface area contributed by atoms with Crippen molar-refractivity contribution in [1.82, 2.24) is 0 Å². The smallest absolute Gasteiger partial charge is 0.462 e. The summed E-state index contributed by atoms with van der Waals surface area (Å²) in [4.78, 5) is 73.0. The van der Waals surface area contributed by atoms with E-state index >= 15 is 0 Å². The van der Waals surface area contributed by atoms with E-state index in [0.29, 0.717) is 25.7 Å². The van der Waals surface area contributed by atoms with E-state index in [1.165, 1.54) is 250 Å². The predicted octanol–water partition coefficient (Wildman–Crippen LogP) is 24.0.